The van der Waals surface area contributed by atoms with Crippen molar-refractivity contribution in [3.8, 4) is 5.75 Å². The van der Waals surface area contributed by atoms with E-state index >= 15 is 0 Å². The minimum absolute atomic E-state index is 0. The highest BCUT2D eigenvalue weighted by molar-refractivity contribution is 6.33. The molecule has 2 aliphatic rings. The first kappa shape index (κ1) is 37.5. The van der Waals surface area contributed by atoms with Crippen LogP contribution in [0.5, 0.6) is 5.75 Å². The standard InChI is InChI=1S/C26H30ClN7O2.ClH.4H3N.4H2/c27-20-9-3-4-10-21(20)29-23(36)19-12-11-18(17-22(19)35)28-24-30-25(33-13-5-1-6-14-33)32-26(31-24)34-15-7-2-8-16-34;;;;;;;;;/h3-4,9-12,17,35H,1-2,5-8,13-16H2,(H,29,36)(H,28,30,31,32);1H;4*1H3;4*1H. The zero-order chi connectivity index (χ0) is 24.9. The number of hydrogen-bond acceptors (Lipinski definition) is 12. The normalized spacial score (nSPS) is 14.1. The number of hydrogen-bond donors (Lipinski definition) is 7. The average Bonchev–Trinajstić information content (AvgIpc) is 2.91. The fraction of sp³-hybridized carbons (Fsp3) is 0.385. The first-order chi connectivity index (χ1) is 17.6. The summed E-state index contributed by atoms with van der Waals surface area (Å²) in [5.41, 5.74) is 1.19. The molecule has 0 spiro atoms. The van der Waals surface area contributed by atoms with Gasteiger partial charge in [-0.05, 0) is 62.8 Å². The molecular weight excluding hydrogens is 569 g/mol. The van der Waals surface area contributed by atoms with E-state index in [1.807, 2.05) is 0 Å². The molecule has 2 aromatic carbocycles. The van der Waals surface area contributed by atoms with Crippen LogP contribution in [-0.2, 0) is 0 Å². The van der Waals surface area contributed by atoms with Gasteiger partial charge in [0.1, 0.15) is 5.75 Å². The van der Waals surface area contributed by atoms with Crippen molar-refractivity contribution in [3.63, 3.8) is 0 Å². The molecule has 0 unspecified atom stereocenters. The Kier molecular flexibility index (Phi) is 15.9. The maximum Gasteiger partial charge on any atom is 0.259 e. The van der Waals surface area contributed by atoms with Crippen LogP contribution in [0.4, 0.5) is 29.2 Å². The lowest BCUT2D eigenvalue weighted by molar-refractivity contribution is 0.102. The van der Waals surface area contributed by atoms with Gasteiger partial charge in [0.05, 0.1) is 16.3 Å². The Hall–Kier alpha value is -3.46. The molecule has 3 aromatic rings. The number of phenols is 1. The van der Waals surface area contributed by atoms with Gasteiger partial charge in [0, 0.05) is 43.6 Å². The topological polar surface area (TPSA) is 247 Å². The zero-order valence-electron chi connectivity index (χ0n) is 23.3. The highest BCUT2D eigenvalue weighted by atomic mass is 35.5. The van der Waals surface area contributed by atoms with E-state index in [4.69, 9.17) is 26.6 Å². The quantitative estimate of drug-likeness (QED) is 0.144. The largest absolute Gasteiger partial charge is 0.507 e. The minimum atomic E-state index is -0.452. The van der Waals surface area contributed by atoms with Gasteiger partial charge in [-0.1, -0.05) is 23.7 Å². The van der Waals surface area contributed by atoms with E-state index in [1.54, 1.807) is 36.4 Å². The molecule has 0 atom stereocenters. The van der Waals surface area contributed by atoms with Gasteiger partial charge in [-0.2, -0.15) is 15.0 Å². The Labute approximate surface area is 258 Å². The number of carbonyl (C=O) groups is 1. The molecule has 2 saturated heterocycles. The van der Waals surface area contributed by atoms with E-state index in [0.29, 0.717) is 34.2 Å². The third-order valence-electron chi connectivity index (χ3n) is 6.51. The average molecular weight is 621 g/mol. The molecule has 5 rings (SSSR count). The third kappa shape index (κ3) is 9.28. The van der Waals surface area contributed by atoms with Gasteiger partial charge in [-0.15, -0.1) is 12.4 Å². The second-order valence-corrected chi connectivity index (χ2v) is 9.55. The van der Waals surface area contributed by atoms with Gasteiger partial charge in [0.25, 0.3) is 5.91 Å². The highest BCUT2D eigenvalue weighted by Crippen LogP contribution is 2.28. The molecule has 0 saturated carbocycles. The van der Waals surface area contributed by atoms with E-state index in [1.165, 1.54) is 18.9 Å². The Balaban J connectivity index is -0.000000593. The molecule has 15 N–H and O–H groups in total. The summed E-state index contributed by atoms with van der Waals surface area (Å²) in [4.78, 5) is 31.3. The molecule has 0 radical (unpaired) electrons. The SMILES string of the molecule is Cl.N.N.N.N.O=C(Nc1ccccc1Cl)c1ccc(Nc2nc(N3CCCCC3)nc(N3CCCCC3)n2)cc1O.[HH].[HH].[HH].[HH]. The fourth-order valence-electron chi connectivity index (χ4n) is 4.56. The number of amides is 1. The van der Waals surface area contributed by atoms with E-state index < -0.39 is 5.91 Å². The molecule has 13 nitrogen and oxygen atoms in total. The van der Waals surface area contributed by atoms with Crippen molar-refractivity contribution in [2.75, 3.05) is 46.6 Å². The molecule has 2 aliphatic heterocycles. The van der Waals surface area contributed by atoms with E-state index in [9.17, 15) is 9.90 Å². The van der Waals surface area contributed by atoms with Crippen LogP contribution in [0.1, 0.15) is 54.6 Å². The Morgan fingerprint density at radius 2 is 1.34 bits per heavy atom. The van der Waals surface area contributed by atoms with Crippen LogP contribution in [-0.4, -0.2) is 52.1 Å². The Bertz CT molecular complexity index is 1220. The molecule has 1 aromatic heterocycles. The smallest absolute Gasteiger partial charge is 0.259 e. The van der Waals surface area contributed by atoms with Crippen LogP contribution >= 0.6 is 24.0 Å². The number of nitrogens with one attached hydrogen (secondary N) is 2. The van der Waals surface area contributed by atoms with Crippen molar-refractivity contribution in [1.82, 2.24) is 39.6 Å². The Morgan fingerprint density at radius 3 is 1.85 bits per heavy atom. The van der Waals surface area contributed by atoms with Crippen LogP contribution in [0, 0.1) is 0 Å². The molecular formula is C26H51Cl2N11O2. The van der Waals surface area contributed by atoms with Gasteiger partial charge in [0.2, 0.25) is 17.8 Å². The monoisotopic (exact) mass is 619 g/mol. The zero-order valence-corrected chi connectivity index (χ0v) is 24.9. The van der Waals surface area contributed by atoms with Crippen molar-refractivity contribution >= 4 is 59.1 Å². The second-order valence-electron chi connectivity index (χ2n) is 9.15. The summed E-state index contributed by atoms with van der Waals surface area (Å²) in [5.74, 6) is 1.15. The van der Waals surface area contributed by atoms with E-state index in [0.717, 1.165) is 51.9 Å². The number of rotatable bonds is 6. The summed E-state index contributed by atoms with van der Waals surface area (Å²) in [5, 5.41) is 17.0. The number of halogens is 2. The van der Waals surface area contributed by atoms with Gasteiger partial charge >= 0.3 is 0 Å². The molecule has 0 aliphatic carbocycles. The molecule has 1 amide bonds. The lowest BCUT2D eigenvalue weighted by atomic mass is 10.1. The summed E-state index contributed by atoms with van der Waals surface area (Å²) in [6.07, 6.45) is 6.94. The predicted molar refractivity (Wildman–Crippen MR) is 179 cm³/mol. The molecule has 236 valence electrons. The summed E-state index contributed by atoms with van der Waals surface area (Å²) in [7, 11) is 0. The summed E-state index contributed by atoms with van der Waals surface area (Å²) in [6, 6.07) is 11.7. The molecule has 3 heterocycles. The highest BCUT2D eigenvalue weighted by Gasteiger charge is 2.21. The van der Waals surface area contributed by atoms with Gasteiger partial charge in [0.15, 0.2) is 0 Å². The summed E-state index contributed by atoms with van der Waals surface area (Å²) in [6.45, 7) is 3.72. The molecule has 41 heavy (non-hydrogen) atoms. The van der Waals surface area contributed by atoms with Crippen molar-refractivity contribution < 1.29 is 15.6 Å². The summed E-state index contributed by atoms with van der Waals surface area (Å²) < 4.78 is 0. The molecule has 2 fully saturated rings. The van der Waals surface area contributed by atoms with Crippen molar-refractivity contribution in [2.24, 2.45) is 0 Å². The number of phenolic OH excluding ortho intramolecular Hbond substituents is 1. The van der Waals surface area contributed by atoms with Crippen LogP contribution < -0.4 is 45.0 Å². The number of anilines is 5. The lowest BCUT2D eigenvalue weighted by Crippen LogP contribution is -2.34. The second kappa shape index (κ2) is 17.4. The van der Waals surface area contributed by atoms with Crippen LogP contribution in [0.3, 0.4) is 0 Å². The molecule has 15 heteroatoms. The number of aromatic nitrogens is 3. The van der Waals surface area contributed by atoms with E-state index in [2.05, 4.69) is 20.4 Å². The lowest BCUT2D eigenvalue weighted by Gasteiger charge is -2.30. The minimum Gasteiger partial charge on any atom is -0.507 e. The summed E-state index contributed by atoms with van der Waals surface area (Å²) >= 11 is 6.14. The number of aromatic hydroxyl groups is 1. The van der Waals surface area contributed by atoms with E-state index in [-0.39, 0.29) is 54.0 Å². The maximum atomic E-state index is 12.7. The maximum absolute atomic E-state index is 12.7. The third-order valence-corrected chi connectivity index (χ3v) is 6.84. The van der Waals surface area contributed by atoms with Crippen molar-refractivity contribution in [1.29, 1.82) is 0 Å². The number of piperidine rings is 2. The number of nitrogens with zero attached hydrogens (tertiary/aromatic N) is 5. The first-order valence-electron chi connectivity index (χ1n) is 12.5. The van der Waals surface area contributed by atoms with Crippen LogP contribution in [0.15, 0.2) is 42.5 Å². The van der Waals surface area contributed by atoms with Gasteiger partial charge in [-0.25, -0.2) is 0 Å². The van der Waals surface area contributed by atoms with Crippen LogP contribution in [0.2, 0.25) is 5.02 Å². The number of carbonyl (C=O) groups excluding carboxylic acids is 1. The van der Waals surface area contributed by atoms with Gasteiger partial charge < -0.3 is 50.1 Å². The van der Waals surface area contributed by atoms with Crippen LogP contribution in [0.25, 0.3) is 0 Å². The van der Waals surface area contributed by atoms with Crippen molar-refractivity contribution in [2.45, 2.75) is 38.5 Å². The van der Waals surface area contributed by atoms with Gasteiger partial charge in [-0.3, -0.25) is 4.79 Å². The van der Waals surface area contributed by atoms with Crippen molar-refractivity contribution in [3.05, 3.63) is 53.1 Å². The first-order valence-corrected chi connectivity index (χ1v) is 12.9. The number of para-hydroxylation sites is 1. The molecule has 0 bridgehead atoms. The fourth-order valence-corrected chi connectivity index (χ4v) is 4.75. The number of benzene rings is 2. The Morgan fingerprint density at radius 1 is 0.805 bits per heavy atom. The predicted octanol–water partition coefficient (Wildman–Crippen LogP) is 7.26.